The van der Waals surface area contributed by atoms with E-state index in [1.165, 1.54) is 0 Å². The van der Waals surface area contributed by atoms with Crippen LogP contribution in [0.5, 0.6) is 0 Å². The number of carbonyl (C=O) groups excluding carboxylic acids is 2. The zero-order valence-corrected chi connectivity index (χ0v) is 13.4. The third kappa shape index (κ3) is 7.02. The summed E-state index contributed by atoms with van der Waals surface area (Å²) in [6, 6.07) is 0. The van der Waals surface area contributed by atoms with E-state index in [9.17, 15) is 9.59 Å². The number of amides is 2. The van der Waals surface area contributed by atoms with E-state index in [4.69, 9.17) is 9.47 Å². The molecule has 1 aliphatic heterocycles. The van der Waals surface area contributed by atoms with Crippen LogP contribution in [0.2, 0.25) is 0 Å². The molecule has 1 saturated heterocycles. The lowest BCUT2D eigenvalue weighted by atomic mass is 9.97. The highest BCUT2D eigenvalue weighted by Gasteiger charge is 2.26. The van der Waals surface area contributed by atoms with Crippen molar-refractivity contribution in [2.24, 2.45) is 5.92 Å². The van der Waals surface area contributed by atoms with Crippen LogP contribution in [0.4, 0.5) is 9.59 Å². The summed E-state index contributed by atoms with van der Waals surface area (Å²) in [5.41, 5.74) is -0.470. The molecule has 6 nitrogen and oxygen atoms in total. The highest BCUT2D eigenvalue weighted by atomic mass is 16.6. The highest BCUT2D eigenvalue weighted by molar-refractivity contribution is 5.68. The molecule has 1 aliphatic rings. The number of ether oxygens (including phenoxy) is 2. The Morgan fingerprint density at radius 2 is 1.86 bits per heavy atom. The van der Waals surface area contributed by atoms with Crippen molar-refractivity contribution >= 4 is 12.2 Å². The lowest BCUT2D eigenvalue weighted by molar-refractivity contribution is 0.0183. The van der Waals surface area contributed by atoms with Crippen molar-refractivity contribution < 1.29 is 19.1 Å². The first-order chi connectivity index (χ1) is 9.67. The second kappa shape index (κ2) is 7.33. The summed E-state index contributed by atoms with van der Waals surface area (Å²) >= 11 is 0. The Labute approximate surface area is 126 Å². The second-order valence-electron chi connectivity index (χ2n) is 6.38. The molecule has 0 radical (unpaired) electrons. The maximum atomic E-state index is 11.9. The van der Waals surface area contributed by atoms with Gasteiger partial charge in [0.25, 0.3) is 0 Å². The van der Waals surface area contributed by atoms with Crippen LogP contribution in [-0.2, 0) is 9.47 Å². The zero-order valence-electron chi connectivity index (χ0n) is 13.4. The lowest BCUT2D eigenvalue weighted by Gasteiger charge is -2.33. The highest BCUT2D eigenvalue weighted by Crippen LogP contribution is 2.19. The minimum atomic E-state index is -0.475. The molecular formula is C15H26N2O4. The van der Waals surface area contributed by atoms with E-state index in [1.807, 2.05) is 20.8 Å². The standard InChI is InChI=1S/C15H26N2O4/c1-11(2)20-13(18)16-10-12-6-8-17(9-7-12)14(19)21-15(3,4)5/h12H,1,6-10H2,2-5H3,(H,16,18). The summed E-state index contributed by atoms with van der Waals surface area (Å²) in [4.78, 5) is 25.0. The number of rotatable bonds is 3. The third-order valence-electron chi connectivity index (χ3n) is 3.07. The van der Waals surface area contributed by atoms with Crippen LogP contribution in [0.3, 0.4) is 0 Å². The average Bonchev–Trinajstić information content (AvgIpc) is 2.34. The number of carbonyl (C=O) groups is 2. The minimum absolute atomic E-state index is 0.268. The molecule has 0 saturated carbocycles. The molecule has 0 aliphatic carbocycles. The molecule has 120 valence electrons. The van der Waals surface area contributed by atoms with Gasteiger partial charge in [-0.05, 0) is 46.5 Å². The Hall–Kier alpha value is -1.72. The van der Waals surface area contributed by atoms with E-state index < -0.39 is 11.7 Å². The van der Waals surface area contributed by atoms with Gasteiger partial charge >= 0.3 is 12.2 Å². The molecule has 2 amide bonds. The summed E-state index contributed by atoms with van der Waals surface area (Å²) in [7, 11) is 0. The maximum absolute atomic E-state index is 11.9. The monoisotopic (exact) mass is 298 g/mol. The fourth-order valence-corrected chi connectivity index (χ4v) is 2.07. The molecule has 0 aromatic carbocycles. The summed E-state index contributed by atoms with van der Waals surface area (Å²) in [5, 5.41) is 2.71. The van der Waals surface area contributed by atoms with Crippen LogP contribution in [0.25, 0.3) is 0 Å². The fraction of sp³-hybridized carbons (Fsp3) is 0.733. The molecule has 0 bridgehead atoms. The van der Waals surface area contributed by atoms with Crippen molar-refractivity contribution in [3.63, 3.8) is 0 Å². The normalized spacial score (nSPS) is 16.3. The SMILES string of the molecule is C=C(C)OC(=O)NCC1CCN(C(=O)OC(C)(C)C)CC1. The predicted molar refractivity (Wildman–Crippen MR) is 79.8 cm³/mol. The summed E-state index contributed by atoms with van der Waals surface area (Å²) in [6.45, 7) is 12.5. The van der Waals surface area contributed by atoms with Gasteiger partial charge in [-0.25, -0.2) is 9.59 Å². The number of allylic oxidation sites excluding steroid dienone is 1. The first-order valence-corrected chi connectivity index (χ1v) is 7.26. The molecule has 1 fully saturated rings. The molecule has 6 heteroatoms. The van der Waals surface area contributed by atoms with Crippen LogP contribution >= 0.6 is 0 Å². The van der Waals surface area contributed by atoms with E-state index >= 15 is 0 Å². The smallest absolute Gasteiger partial charge is 0.412 e. The van der Waals surface area contributed by atoms with Crippen LogP contribution in [0.1, 0.15) is 40.5 Å². The number of alkyl carbamates (subject to hydrolysis) is 1. The molecule has 0 atom stereocenters. The fourth-order valence-electron chi connectivity index (χ4n) is 2.07. The summed E-state index contributed by atoms with van der Waals surface area (Å²) < 4.78 is 10.2. The molecule has 1 rings (SSSR count). The van der Waals surface area contributed by atoms with E-state index in [0.29, 0.717) is 31.3 Å². The molecule has 21 heavy (non-hydrogen) atoms. The number of likely N-dealkylation sites (tertiary alicyclic amines) is 1. The van der Waals surface area contributed by atoms with Crippen molar-refractivity contribution in [1.82, 2.24) is 10.2 Å². The Kier molecular flexibility index (Phi) is 6.05. The quantitative estimate of drug-likeness (QED) is 0.813. The lowest BCUT2D eigenvalue weighted by Crippen LogP contribution is -2.43. The molecule has 0 spiro atoms. The summed E-state index contributed by atoms with van der Waals surface area (Å²) in [6.07, 6.45) is 0.937. The van der Waals surface area contributed by atoms with Gasteiger partial charge in [0.1, 0.15) is 5.60 Å². The number of nitrogens with one attached hydrogen (secondary N) is 1. The Bertz CT molecular complexity index is 393. The van der Waals surface area contributed by atoms with Gasteiger partial charge in [0, 0.05) is 19.6 Å². The van der Waals surface area contributed by atoms with Crippen molar-refractivity contribution in [2.75, 3.05) is 19.6 Å². The first-order valence-electron chi connectivity index (χ1n) is 7.26. The Balaban J connectivity index is 2.27. The molecular weight excluding hydrogens is 272 g/mol. The van der Waals surface area contributed by atoms with Crippen LogP contribution in [0, 0.1) is 5.92 Å². The predicted octanol–water partition coefficient (Wildman–Crippen LogP) is 2.89. The van der Waals surface area contributed by atoms with Gasteiger partial charge in [-0.1, -0.05) is 6.58 Å². The second-order valence-corrected chi connectivity index (χ2v) is 6.38. The number of nitrogens with zero attached hydrogens (tertiary/aromatic N) is 1. The summed E-state index contributed by atoms with van der Waals surface area (Å²) in [5.74, 6) is 0.716. The minimum Gasteiger partial charge on any atom is -0.444 e. The molecule has 0 aromatic heterocycles. The van der Waals surface area contributed by atoms with Gasteiger partial charge < -0.3 is 19.7 Å². The van der Waals surface area contributed by atoms with Gasteiger partial charge in [0.15, 0.2) is 0 Å². The molecule has 0 unspecified atom stereocenters. The maximum Gasteiger partial charge on any atom is 0.412 e. The van der Waals surface area contributed by atoms with E-state index in [-0.39, 0.29) is 6.09 Å². The van der Waals surface area contributed by atoms with Gasteiger partial charge in [0.05, 0.1) is 5.76 Å². The van der Waals surface area contributed by atoms with Gasteiger partial charge in [-0.15, -0.1) is 0 Å². The third-order valence-corrected chi connectivity index (χ3v) is 3.07. The topological polar surface area (TPSA) is 67.9 Å². The van der Waals surface area contributed by atoms with Crippen LogP contribution in [-0.4, -0.2) is 42.3 Å². The van der Waals surface area contributed by atoms with Crippen LogP contribution in [0.15, 0.2) is 12.3 Å². The Morgan fingerprint density at radius 3 is 2.33 bits per heavy atom. The van der Waals surface area contributed by atoms with Crippen molar-refractivity contribution in [1.29, 1.82) is 0 Å². The number of piperidine rings is 1. The van der Waals surface area contributed by atoms with Crippen LogP contribution < -0.4 is 5.32 Å². The Morgan fingerprint density at radius 1 is 1.29 bits per heavy atom. The van der Waals surface area contributed by atoms with Crippen molar-refractivity contribution in [3.05, 3.63) is 12.3 Å². The van der Waals surface area contributed by atoms with Crippen molar-refractivity contribution in [3.8, 4) is 0 Å². The largest absolute Gasteiger partial charge is 0.444 e. The molecule has 1 N–H and O–H groups in total. The molecule has 1 heterocycles. The van der Waals surface area contributed by atoms with E-state index in [0.717, 1.165) is 12.8 Å². The van der Waals surface area contributed by atoms with Gasteiger partial charge in [-0.3, -0.25) is 0 Å². The zero-order chi connectivity index (χ0) is 16.0. The van der Waals surface area contributed by atoms with E-state index in [1.54, 1.807) is 11.8 Å². The molecule has 0 aromatic rings. The number of hydrogen-bond donors (Lipinski definition) is 1. The number of hydrogen-bond acceptors (Lipinski definition) is 4. The van der Waals surface area contributed by atoms with E-state index in [2.05, 4.69) is 11.9 Å². The van der Waals surface area contributed by atoms with Gasteiger partial charge in [0.2, 0.25) is 0 Å². The first kappa shape index (κ1) is 17.3. The van der Waals surface area contributed by atoms with Crippen molar-refractivity contribution in [2.45, 2.75) is 46.1 Å². The average molecular weight is 298 g/mol. The van der Waals surface area contributed by atoms with Gasteiger partial charge in [-0.2, -0.15) is 0 Å².